The Morgan fingerprint density at radius 1 is 1.26 bits per heavy atom. The molecule has 2 aromatic rings. The van der Waals surface area contributed by atoms with E-state index in [1.807, 2.05) is 45.0 Å². The van der Waals surface area contributed by atoms with Gasteiger partial charge in [0.2, 0.25) is 5.91 Å². The molecule has 1 heterocycles. The maximum atomic E-state index is 12.2. The summed E-state index contributed by atoms with van der Waals surface area (Å²) < 4.78 is 22.4. The molecule has 1 amide bonds. The molecule has 0 aliphatic rings. The Bertz CT molecular complexity index is 880. The average molecular weight is 432 g/mol. The monoisotopic (exact) mass is 431 g/mol. The van der Waals surface area contributed by atoms with Crippen molar-refractivity contribution in [3.05, 3.63) is 40.4 Å². The molecule has 3 N–H and O–H groups in total. The number of thiazole rings is 1. The molecule has 0 radical (unpaired) electrons. The molecule has 150 valence electrons. The summed E-state index contributed by atoms with van der Waals surface area (Å²) in [5, 5.41) is 3.76. The summed E-state index contributed by atoms with van der Waals surface area (Å²) in [5.74, 6) is -0.460. The van der Waals surface area contributed by atoms with E-state index in [0.717, 1.165) is 27.4 Å². The number of nitrogens with two attached hydrogens (primary N) is 1. The molecule has 0 bridgehead atoms. The van der Waals surface area contributed by atoms with Crippen LogP contribution in [0.15, 0.2) is 24.3 Å². The Hall–Kier alpha value is -1.48. The highest BCUT2D eigenvalue weighted by Crippen LogP contribution is 2.31. The van der Waals surface area contributed by atoms with E-state index in [1.54, 1.807) is 0 Å². The maximum absolute atomic E-state index is 12.2. The van der Waals surface area contributed by atoms with Crippen LogP contribution in [0.25, 0.3) is 10.6 Å². The van der Waals surface area contributed by atoms with Crippen LogP contribution >= 0.6 is 23.7 Å². The second kappa shape index (κ2) is 9.64. The molecule has 2 unspecified atom stereocenters. The fraction of sp³-hybridized carbons (Fsp3) is 0.444. The van der Waals surface area contributed by atoms with Gasteiger partial charge in [0, 0.05) is 11.8 Å². The number of rotatable bonds is 7. The highest BCUT2D eigenvalue weighted by Gasteiger charge is 2.21. The molecule has 2 rings (SSSR count). The zero-order chi connectivity index (χ0) is 19.5. The second-order valence-corrected chi connectivity index (χ2v) is 9.88. The SMILES string of the molecule is Cc1ccc(-c2nc(C)c(C(C)NC(=O)C(N)CCS(C)(=O)=O)s2)cc1.Cl. The van der Waals surface area contributed by atoms with Crippen LogP contribution in [-0.4, -0.2) is 37.4 Å². The normalized spacial score (nSPS) is 13.5. The van der Waals surface area contributed by atoms with Crippen molar-refractivity contribution in [2.24, 2.45) is 5.73 Å². The zero-order valence-corrected chi connectivity index (χ0v) is 18.3. The predicted octanol–water partition coefficient (Wildman–Crippen LogP) is 2.79. The molecule has 2 atom stereocenters. The number of halogens is 1. The van der Waals surface area contributed by atoms with Gasteiger partial charge in [-0.2, -0.15) is 0 Å². The Morgan fingerprint density at radius 3 is 2.41 bits per heavy atom. The number of sulfone groups is 1. The highest BCUT2D eigenvalue weighted by molar-refractivity contribution is 7.90. The van der Waals surface area contributed by atoms with Crippen molar-refractivity contribution < 1.29 is 13.2 Å². The Kier molecular flexibility index (Phi) is 8.41. The van der Waals surface area contributed by atoms with E-state index >= 15 is 0 Å². The van der Waals surface area contributed by atoms with E-state index < -0.39 is 15.9 Å². The van der Waals surface area contributed by atoms with Crippen LogP contribution in [0.3, 0.4) is 0 Å². The largest absolute Gasteiger partial charge is 0.347 e. The van der Waals surface area contributed by atoms with Crippen molar-refractivity contribution in [3.8, 4) is 10.6 Å². The van der Waals surface area contributed by atoms with E-state index in [-0.39, 0.29) is 36.5 Å². The number of amides is 1. The van der Waals surface area contributed by atoms with Crippen molar-refractivity contribution in [3.63, 3.8) is 0 Å². The molecule has 0 saturated carbocycles. The molecule has 0 spiro atoms. The smallest absolute Gasteiger partial charge is 0.237 e. The van der Waals surface area contributed by atoms with Crippen LogP contribution in [0.2, 0.25) is 0 Å². The Labute approximate surface area is 170 Å². The average Bonchev–Trinajstić information content (AvgIpc) is 2.94. The number of aromatic nitrogens is 1. The fourth-order valence-corrected chi connectivity index (χ4v) is 4.24. The first kappa shape index (κ1) is 23.6. The minimum absolute atomic E-state index is 0. The summed E-state index contributed by atoms with van der Waals surface area (Å²) in [6, 6.07) is 7.04. The number of carbonyl (C=O) groups is 1. The van der Waals surface area contributed by atoms with Gasteiger partial charge in [-0.15, -0.1) is 23.7 Å². The van der Waals surface area contributed by atoms with Gasteiger partial charge in [-0.1, -0.05) is 29.8 Å². The minimum Gasteiger partial charge on any atom is -0.347 e. The summed E-state index contributed by atoms with van der Waals surface area (Å²) in [4.78, 5) is 17.8. The molecule has 6 nitrogen and oxygen atoms in total. The molecule has 0 aliphatic heterocycles. The third-order valence-corrected chi connectivity index (χ3v) is 6.39. The molecule has 9 heteroatoms. The van der Waals surface area contributed by atoms with Crippen LogP contribution in [0.5, 0.6) is 0 Å². The molecule has 0 saturated heterocycles. The Balaban J connectivity index is 0.00000364. The van der Waals surface area contributed by atoms with Gasteiger partial charge in [0.05, 0.1) is 28.4 Å². The minimum atomic E-state index is -3.14. The lowest BCUT2D eigenvalue weighted by Crippen LogP contribution is -2.42. The number of hydrogen-bond acceptors (Lipinski definition) is 6. The molecule has 1 aromatic heterocycles. The molecular formula is C18H26ClN3O3S2. The van der Waals surface area contributed by atoms with Crippen molar-refractivity contribution >= 4 is 39.5 Å². The van der Waals surface area contributed by atoms with Gasteiger partial charge >= 0.3 is 0 Å². The summed E-state index contributed by atoms with van der Waals surface area (Å²) in [7, 11) is -3.14. The lowest BCUT2D eigenvalue weighted by Gasteiger charge is -2.16. The van der Waals surface area contributed by atoms with E-state index in [4.69, 9.17) is 5.73 Å². The van der Waals surface area contributed by atoms with Crippen LogP contribution in [0.4, 0.5) is 0 Å². The lowest BCUT2D eigenvalue weighted by atomic mass is 10.1. The van der Waals surface area contributed by atoms with Crippen LogP contribution in [0, 0.1) is 13.8 Å². The number of carbonyl (C=O) groups excluding carboxylic acids is 1. The van der Waals surface area contributed by atoms with Crippen molar-refractivity contribution in [2.75, 3.05) is 12.0 Å². The molecular weight excluding hydrogens is 406 g/mol. The third kappa shape index (κ3) is 6.88. The first-order valence-corrected chi connectivity index (χ1v) is 11.2. The van der Waals surface area contributed by atoms with Crippen molar-refractivity contribution in [1.29, 1.82) is 0 Å². The molecule has 27 heavy (non-hydrogen) atoms. The number of nitrogens with one attached hydrogen (secondary N) is 1. The topological polar surface area (TPSA) is 102 Å². The number of benzene rings is 1. The van der Waals surface area contributed by atoms with Crippen molar-refractivity contribution in [2.45, 2.75) is 39.3 Å². The Morgan fingerprint density at radius 2 is 1.85 bits per heavy atom. The summed E-state index contributed by atoms with van der Waals surface area (Å²) in [6.45, 7) is 5.82. The van der Waals surface area contributed by atoms with Gasteiger partial charge in [0.25, 0.3) is 0 Å². The van der Waals surface area contributed by atoms with E-state index in [1.165, 1.54) is 16.9 Å². The second-order valence-electron chi connectivity index (χ2n) is 6.59. The third-order valence-electron chi connectivity index (χ3n) is 4.02. The van der Waals surface area contributed by atoms with Gasteiger partial charge < -0.3 is 11.1 Å². The quantitative estimate of drug-likeness (QED) is 0.701. The first-order valence-electron chi connectivity index (χ1n) is 8.35. The maximum Gasteiger partial charge on any atom is 0.237 e. The first-order chi connectivity index (χ1) is 12.1. The van der Waals surface area contributed by atoms with Gasteiger partial charge in [0.1, 0.15) is 14.8 Å². The fourth-order valence-electron chi connectivity index (χ4n) is 2.49. The van der Waals surface area contributed by atoms with Gasteiger partial charge in [-0.25, -0.2) is 13.4 Å². The van der Waals surface area contributed by atoms with E-state index in [9.17, 15) is 13.2 Å². The van der Waals surface area contributed by atoms with Crippen molar-refractivity contribution in [1.82, 2.24) is 10.3 Å². The number of hydrogen-bond donors (Lipinski definition) is 2. The molecule has 0 aliphatic carbocycles. The number of aryl methyl sites for hydroxylation is 2. The van der Waals surface area contributed by atoms with Crippen LogP contribution in [0.1, 0.15) is 35.5 Å². The van der Waals surface area contributed by atoms with Gasteiger partial charge in [-0.05, 0) is 27.2 Å². The lowest BCUT2D eigenvalue weighted by molar-refractivity contribution is -0.123. The van der Waals surface area contributed by atoms with Gasteiger partial charge in [-0.3, -0.25) is 4.79 Å². The predicted molar refractivity (Wildman–Crippen MR) is 113 cm³/mol. The standard InChI is InChI=1S/C18H25N3O3S2.ClH/c1-11-5-7-14(8-6-11)18-21-13(3)16(25-18)12(2)20-17(22)15(19)9-10-26(4,23)24;/h5-8,12,15H,9-10,19H2,1-4H3,(H,20,22);1H. The summed E-state index contributed by atoms with van der Waals surface area (Å²) in [6.07, 6.45) is 1.24. The number of nitrogens with zero attached hydrogens (tertiary/aromatic N) is 1. The van der Waals surface area contributed by atoms with Crippen LogP contribution < -0.4 is 11.1 Å². The van der Waals surface area contributed by atoms with E-state index in [2.05, 4.69) is 10.3 Å². The molecule has 1 aromatic carbocycles. The molecule has 0 fully saturated rings. The summed E-state index contributed by atoms with van der Waals surface area (Å²) >= 11 is 1.54. The highest BCUT2D eigenvalue weighted by atomic mass is 35.5. The van der Waals surface area contributed by atoms with E-state index in [0.29, 0.717) is 0 Å². The summed E-state index contributed by atoms with van der Waals surface area (Å²) in [5.41, 5.74) is 8.90. The van der Waals surface area contributed by atoms with Gasteiger partial charge in [0.15, 0.2) is 0 Å². The zero-order valence-electron chi connectivity index (χ0n) is 15.9. The van der Waals surface area contributed by atoms with Crippen LogP contribution in [-0.2, 0) is 14.6 Å².